The molecule has 0 spiro atoms. The molecule has 3 saturated carbocycles. The fourth-order valence-corrected chi connectivity index (χ4v) is 4.46. The Morgan fingerprint density at radius 1 is 0.900 bits per heavy atom. The number of rotatable bonds is 6. The van der Waals surface area contributed by atoms with Crippen LogP contribution in [0.15, 0.2) is 0 Å². The normalized spacial score (nSPS) is 40.4. The van der Waals surface area contributed by atoms with Crippen LogP contribution in [0.2, 0.25) is 5.31 Å². The molecule has 2 nitrogen and oxygen atoms in total. The minimum absolute atomic E-state index is 0.0137. The predicted molar refractivity (Wildman–Crippen MR) is 79.5 cm³/mol. The van der Waals surface area contributed by atoms with Crippen molar-refractivity contribution in [3.05, 3.63) is 0 Å². The van der Waals surface area contributed by atoms with Crippen molar-refractivity contribution >= 4 is 7.12 Å². The number of unbranched alkanes of at least 4 members (excludes halogenated alkanes) is 2. The summed E-state index contributed by atoms with van der Waals surface area (Å²) >= 11 is 0. The van der Waals surface area contributed by atoms with Gasteiger partial charge in [-0.05, 0) is 65.2 Å². The third kappa shape index (κ3) is 2.06. The molecular formula is C16H28BFO2. The molecule has 4 fully saturated rings. The van der Waals surface area contributed by atoms with Crippen LogP contribution in [0.4, 0.5) is 4.39 Å². The maximum atomic E-state index is 12.1. The van der Waals surface area contributed by atoms with Gasteiger partial charge < -0.3 is 9.31 Å². The van der Waals surface area contributed by atoms with Gasteiger partial charge in [0.05, 0.1) is 17.9 Å². The lowest BCUT2D eigenvalue weighted by Crippen LogP contribution is -2.63. The highest BCUT2D eigenvalue weighted by Gasteiger charge is 2.75. The first kappa shape index (κ1) is 14.8. The van der Waals surface area contributed by atoms with Gasteiger partial charge in [-0.15, -0.1) is 0 Å². The summed E-state index contributed by atoms with van der Waals surface area (Å²) in [6.07, 6.45) is 8.00. The minimum Gasteiger partial charge on any atom is -0.403 e. The second kappa shape index (κ2) is 4.45. The zero-order chi connectivity index (χ0) is 14.6. The third-order valence-electron chi connectivity index (χ3n) is 6.28. The van der Waals surface area contributed by atoms with Gasteiger partial charge in [-0.2, -0.15) is 0 Å². The van der Waals surface area contributed by atoms with Crippen LogP contribution in [0.1, 0.15) is 72.6 Å². The average molecular weight is 282 g/mol. The largest absolute Gasteiger partial charge is 0.464 e. The molecule has 0 unspecified atom stereocenters. The molecule has 2 bridgehead atoms. The van der Waals surface area contributed by atoms with Gasteiger partial charge in [0.15, 0.2) is 0 Å². The summed E-state index contributed by atoms with van der Waals surface area (Å²) in [7, 11) is -0.0137. The first-order chi connectivity index (χ1) is 9.24. The summed E-state index contributed by atoms with van der Waals surface area (Å²) in [5.41, 5.74) is 0.142. The van der Waals surface area contributed by atoms with Crippen LogP contribution in [0.25, 0.3) is 0 Å². The van der Waals surface area contributed by atoms with Crippen LogP contribution in [-0.2, 0) is 9.31 Å². The molecule has 4 heteroatoms. The van der Waals surface area contributed by atoms with Crippen LogP contribution in [0, 0.1) is 5.41 Å². The Morgan fingerprint density at radius 3 is 1.95 bits per heavy atom. The standard InChI is InChI=1S/C16H28BFO2/c1-13(2)14(3,4)20-17(19-13)16-10-15(11-16,12-16)8-6-5-7-9-18/h5-12H2,1-4H3. The first-order valence-electron chi connectivity index (χ1n) is 8.16. The van der Waals surface area contributed by atoms with Gasteiger partial charge in [0.1, 0.15) is 0 Å². The Labute approximate surface area is 122 Å². The Kier molecular flexibility index (Phi) is 3.30. The lowest BCUT2D eigenvalue weighted by molar-refractivity contribution is -0.117. The Balaban J connectivity index is 1.50. The number of halogens is 1. The Bertz CT molecular complexity index is 358. The Morgan fingerprint density at radius 2 is 1.45 bits per heavy atom. The highest BCUT2D eigenvalue weighted by Crippen LogP contribution is 2.82. The summed E-state index contributed by atoms with van der Waals surface area (Å²) in [5.74, 6) is 0. The summed E-state index contributed by atoms with van der Waals surface area (Å²) in [4.78, 5) is 0. The maximum absolute atomic E-state index is 12.1. The van der Waals surface area contributed by atoms with Crippen molar-refractivity contribution in [2.75, 3.05) is 6.67 Å². The molecule has 0 aromatic heterocycles. The minimum atomic E-state index is -0.207. The molecule has 1 heterocycles. The van der Waals surface area contributed by atoms with E-state index in [0.29, 0.717) is 10.7 Å². The quantitative estimate of drug-likeness (QED) is 0.526. The van der Waals surface area contributed by atoms with Gasteiger partial charge in [0, 0.05) is 5.31 Å². The molecule has 0 aromatic carbocycles. The zero-order valence-electron chi connectivity index (χ0n) is 13.4. The molecule has 3 aliphatic carbocycles. The lowest BCUT2D eigenvalue weighted by Gasteiger charge is -2.71. The summed E-state index contributed by atoms with van der Waals surface area (Å²) in [6, 6.07) is 0. The average Bonchev–Trinajstić information content (AvgIpc) is 2.43. The molecule has 1 saturated heterocycles. The SMILES string of the molecule is CC1(C)OB(C23CC(CCCCCF)(C2)C3)OC1(C)C. The van der Waals surface area contributed by atoms with E-state index >= 15 is 0 Å². The van der Waals surface area contributed by atoms with Crippen LogP contribution in [-0.4, -0.2) is 25.0 Å². The van der Waals surface area contributed by atoms with Gasteiger partial charge in [0.2, 0.25) is 0 Å². The van der Waals surface area contributed by atoms with Gasteiger partial charge in [0.25, 0.3) is 0 Å². The number of hydrogen-bond acceptors (Lipinski definition) is 2. The van der Waals surface area contributed by atoms with Crippen LogP contribution < -0.4 is 0 Å². The molecule has 20 heavy (non-hydrogen) atoms. The van der Waals surface area contributed by atoms with E-state index in [2.05, 4.69) is 27.7 Å². The van der Waals surface area contributed by atoms with Crippen LogP contribution in [0.3, 0.4) is 0 Å². The molecule has 1 aliphatic heterocycles. The molecule has 0 amide bonds. The van der Waals surface area contributed by atoms with Crippen molar-refractivity contribution in [1.82, 2.24) is 0 Å². The monoisotopic (exact) mass is 282 g/mol. The molecule has 0 atom stereocenters. The second-order valence-electron chi connectivity index (χ2n) is 8.48. The fourth-order valence-electron chi connectivity index (χ4n) is 4.46. The lowest BCUT2D eigenvalue weighted by atomic mass is 9.23. The van der Waals surface area contributed by atoms with E-state index in [1.807, 2.05) is 0 Å². The van der Waals surface area contributed by atoms with Crippen molar-refractivity contribution in [2.24, 2.45) is 5.41 Å². The molecule has 114 valence electrons. The van der Waals surface area contributed by atoms with Crippen LogP contribution in [0.5, 0.6) is 0 Å². The fraction of sp³-hybridized carbons (Fsp3) is 1.00. The van der Waals surface area contributed by atoms with E-state index in [-0.39, 0.29) is 25.0 Å². The molecular weight excluding hydrogens is 254 g/mol. The molecule has 0 radical (unpaired) electrons. The highest BCUT2D eigenvalue weighted by molar-refractivity contribution is 6.51. The topological polar surface area (TPSA) is 18.5 Å². The van der Waals surface area contributed by atoms with Gasteiger partial charge >= 0.3 is 7.12 Å². The van der Waals surface area contributed by atoms with Gasteiger partial charge in [-0.1, -0.05) is 12.8 Å². The maximum Gasteiger partial charge on any atom is 0.464 e. The second-order valence-corrected chi connectivity index (χ2v) is 8.48. The zero-order valence-corrected chi connectivity index (χ0v) is 13.4. The summed E-state index contributed by atoms with van der Waals surface area (Å²) in [5, 5.41) is 0.297. The van der Waals surface area contributed by atoms with Gasteiger partial charge in [-0.25, -0.2) is 0 Å². The van der Waals surface area contributed by atoms with Crippen molar-refractivity contribution in [3.63, 3.8) is 0 Å². The van der Waals surface area contributed by atoms with E-state index in [4.69, 9.17) is 9.31 Å². The van der Waals surface area contributed by atoms with Crippen molar-refractivity contribution < 1.29 is 13.7 Å². The van der Waals surface area contributed by atoms with Crippen molar-refractivity contribution in [1.29, 1.82) is 0 Å². The summed E-state index contributed by atoms with van der Waals surface area (Å²) < 4.78 is 24.5. The van der Waals surface area contributed by atoms with E-state index in [1.165, 1.54) is 32.1 Å². The predicted octanol–water partition coefficient (Wildman–Crippen LogP) is 4.53. The van der Waals surface area contributed by atoms with E-state index in [0.717, 1.165) is 12.8 Å². The van der Waals surface area contributed by atoms with Crippen molar-refractivity contribution in [2.45, 2.75) is 89.2 Å². The number of hydrogen-bond donors (Lipinski definition) is 0. The van der Waals surface area contributed by atoms with E-state index in [9.17, 15) is 4.39 Å². The first-order valence-corrected chi connectivity index (χ1v) is 8.16. The highest BCUT2D eigenvalue weighted by atomic mass is 19.1. The van der Waals surface area contributed by atoms with Gasteiger partial charge in [-0.3, -0.25) is 4.39 Å². The third-order valence-corrected chi connectivity index (χ3v) is 6.28. The van der Waals surface area contributed by atoms with E-state index < -0.39 is 0 Å². The molecule has 4 rings (SSSR count). The molecule has 0 N–H and O–H groups in total. The van der Waals surface area contributed by atoms with E-state index in [1.54, 1.807) is 0 Å². The number of alkyl halides is 1. The molecule has 4 aliphatic rings. The van der Waals surface area contributed by atoms with Crippen molar-refractivity contribution in [3.8, 4) is 0 Å². The Hall–Kier alpha value is -0.0851. The van der Waals surface area contributed by atoms with Crippen LogP contribution >= 0.6 is 0 Å². The smallest absolute Gasteiger partial charge is 0.403 e. The summed E-state index contributed by atoms with van der Waals surface area (Å²) in [6.45, 7) is 8.36. The molecule has 0 aromatic rings.